The predicted octanol–water partition coefficient (Wildman–Crippen LogP) is 1.55. The van der Waals surface area contributed by atoms with E-state index in [4.69, 9.17) is 4.74 Å². The lowest BCUT2D eigenvalue weighted by molar-refractivity contribution is -0.150. The largest absolute Gasteiger partial charge is 0.370 e. The van der Waals surface area contributed by atoms with Crippen LogP contribution in [-0.4, -0.2) is 54.5 Å². The lowest BCUT2D eigenvalue weighted by Gasteiger charge is -2.42. The second kappa shape index (κ2) is 6.12. The van der Waals surface area contributed by atoms with E-state index >= 15 is 0 Å². The van der Waals surface area contributed by atoms with E-state index in [1.54, 1.807) is 0 Å². The van der Waals surface area contributed by atoms with Crippen molar-refractivity contribution in [1.82, 2.24) is 14.8 Å². The molecule has 21 heavy (non-hydrogen) atoms. The molecule has 2 rings (SSSR count). The summed E-state index contributed by atoms with van der Waals surface area (Å²) in [7, 11) is 4.06. The number of carbonyl (C=O) groups excluding carboxylic acids is 1. The van der Waals surface area contributed by atoms with Gasteiger partial charge in [0.15, 0.2) is 0 Å². The standard InChI is InChI=1S/C16H25N3O2/c1-12-6-7-13(14(17-12)10-18(4)5)16(2,3)19-8-9-21-11-15(19)20/h6-7H,8-11H2,1-5H3. The minimum Gasteiger partial charge on any atom is -0.370 e. The van der Waals surface area contributed by atoms with Crippen LogP contribution in [0.2, 0.25) is 0 Å². The maximum atomic E-state index is 12.2. The first-order valence-corrected chi connectivity index (χ1v) is 7.32. The van der Waals surface area contributed by atoms with Gasteiger partial charge in [-0.05, 0) is 40.9 Å². The van der Waals surface area contributed by atoms with E-state index in [1.807, 2.05) is 32.0 Å². The minimum atomic E-state index is -0.382. The van der Waals surface area contributed by atoms with E-state index in [0.29, 0.717) is 13.2 Å². The van der Waals surface area contributed by atoms with E-state index in [0.717, 1.165) is 23.5 Å². The van der Waals surface area contributed by atoms with Crippen molar-refractivity contribution in [2.75, 3.05) is 33.9 Å². The maximum absolute atomic E-state index is 12.2. The van der Waals surface area contributed by atoms with Crippen molar-refractivity contribution in [3.63, 3.8) is 0 Å². The van der Waals surface area contributed by atoms with Crippen LogP contribution in [0.15, 0.2) is 12.1 Å². The van der Waals surface area contributed by atoms with Gasteiger partial charge < -0.3 is 14.5 Å². The number of ether oxygens (including phenoxy) is 1. The van der Waals surface area contributed by atoms with Gasteiger partial charge in [-0.1, -0.05) is 6.07 Å². The topological polar surface area (TPSA) is 45.7 Å². The minimum absolute atomic E-state index is 0.0441. The van der Waals surface area contributed by atoms with Gasteiger partial charge in [0.1, 0.15) is 6.61 Å². The first-order valence-electron chi connectivity index (χ1n) is 7.32. The van der Waals surface area contributed by atoms with Crippen molar-refractivity contribution >= 4 is 5.91 Å². The van der Waals surface area contributed by atoms with E-state index in [9.17, 15) is 4.79 Å². The number of amides is 1. The highest BCUT2D eigenvalue weighted by molar-refractivity contribution is 5.79. The van der Waals surface area contributed by atoms with Crippen molar-refractivity contribution in [2.45, 2.75) is 32.9 Å². The quantitative estimate of drug-likeness (QED) is 0.844. The van der Waals surface area contributed by atoms with Crippen molar-refractivity contribution in [1.29, 1.82) is 0 Å². The van der Waals surface area contributed by atoms with Gasteiger partial charge in [-0.3, -0.25) is 9.78 Å². The van der Waals surface area contributed by atoms with E-state index in [1.165, 1.54) is 0 Å². The number of aromatic nitrogens is 1. The van der Waals surface area contributed by atoms with Gasteiger partial charge in [-0.2, -0.15) is 0 Å². The number of carbonyl (C=O) groups is 1. The first-order chi connectivity index (χ1) is 9.82. The zero-order valence-corrected chi connectivity index (χ0v) is 13.6. The Hall–Kier alpha value is -1.46. The lowest BCUT2D eigenvalue weighted by atomic mass is 9.89. The van der Waals surface area contributed by atoms with E-state index in [2.05, 4.69) is 29.8 Å². The summed E-state index contributed by atoms with van der Waals surface area (Å²) in [5.41, 5.74) is 2.76. The van der Waals surface area contributed by atoms with Gasteiger partial charge in [0.05, 0.1) is 17.8 Å². The highest BCUT2D eigenvalue weighted by atomic mass is 16.5. The van der Waals surface area contributed by atoms with Gasteiger partial charge in [-0.15, -0.1) is 0 Å². The van der Waals surface area contributed by atoms with Crippen LogP contribution in [-0.2, 0) is 21.6 Å². The Labute approximate surface area is 126 Å². The van der Waals surface area contributed by atoms with Crippen LogP contribution >= 0.6 is 0 Å². The molecule has 5 nitrogen and oxygen atoms in total. The van der Waals surface area contributed by atoms with Gasteiger partial charge in [0, 0.05) is 24.3 Å². The third-order valence-electron chi connectivity index (χ3n) is 3.90. The Morgan fingerprint density at radius 3 is 2.71 bits per heavy atom. The molecule has 116 valence electrons. The second-order valence-electron chi connectivity index (χ2n) is 6.34. The zero-order valence-electron chi connectivity index (χ0n) is 13.6. The molecule has 1 amide bonds. The molecule has 0 bridgehead atoms. The molecule has 0 radical (unpaired) electrons. The fourth-order valence-corrected chi connectivity index (χ4v) is 2.84. The third-order valence-corrected chi connectivity index (χ3v) is 3.90. The van der Waals surface area contributed by atoms with E-state index < -0.39 is 0 Å². The number of rotatable bonds is 4. The lowest BCUT2D eigenvalue weighted by Crippen LogP contribution is -2.52. The monoisotopic (exact) mass is 291 g/mol. The molecule has 0 unspecified atom stereocenters. The van der Waals surface area contributed by atoms with E-state index in [-0.39, 0.29) is 18.1 Å². The maximum Gasteiger partial charge on any atom is 0.249 e. The number of hydrogen-bond acceptors (Lipinski definition) is 4. The van der Waals surface area contributed by atoms with Gasteiger partial charge in [0.2, 0.25) is 5.91 Å². The normalized spacial score (nSPS) is 16.7. The molecule has 1 aromatic heterocycles. The van der Waals surface area contributed by atoms with Crippen LogP contribution in [0, 0.1) is 6.92 Å². The molecule has 0 N–H and O–H groups in total. The Bertz CT molecular complexity index is 526. The molecule has 2 heterocycles. The van der Waals surface area contributed by atoms with Crippen molar-refractivity contribution < 1.29 is 9.53 Å². The Balaban J connectivity index is 2.40. The predicted molar refractivity (Wildman–Crippen MR) is 81.9 cm³/mol. The Morgan fingerprint density at radius 2 is 2.10 bits per heavy atom. The van der Waals surface area contributed by atoms with Crippen LogP contribution in [0.4, 0.5) is 0 Å². The van der Waals surface area contributed by atoms with Crippen molar-refractivity contribution in [3.05, 3.63) is 29.1 Å². The first kappa shape index (κ1) is 15.9. The molecule has 1 saturated heterocycles. The summed E-state index contributed by atoms with van der Waals surface area (Å²) in [6.45, 7) is 8.32. The summed E-state index contributed by atoms with van der Waals surface area (Å²) in [4.78, 5) is 20.9. The number of morpholine rings is 1. The Morgan fingerprint density at radius 1 is 1.38 bits per heavy atom. The molecule has 0 aliphatic carbocycles. The van der Waals surface area contributed by atoms with Crippen LogP contribution < -0.4 is 0 Å². The zero-order chi connectivity index (χ0) is 15.6. The van der Waals surface area contributed by atoms with Crippen LogP contribution in [0.5, 0.6) is 0 Å². The number of aryl methyl sites for hydroxylation is 1. The number of nitrogens with zero attached hydrogens (tertiary/aromatic N) is 3. The average molecular weight is 291 g/mol. The molecule has 0 spiro atoms. The molecule has 0 aromatic carbocycles. The fourth-order valence-electron chi connectivity index (χ4n) is 2.84. The van der Waals surface area contributed by atoms with Crippen LogP contribution in [0.1, 0.15) is 30.8 Å². The van der Waals surface area contributed by atoms with Crippen LogP contribution in [0.3, 0.4) is 0 Å². The van der Waals surface area contributed by atoms with Gasteiger partial charge in [0.25, 0.3) is 0 Å². The van der Waals surface area contributed by atoms with Crippen molar-refractivity contribution in [3.8, 4) is 0 Å². The smallest absolute Gasteiger partial charge is 0.249 e. The average Bonchev–Trinajstić information content (AvgIpc) is 2.38. The Kier molecular flexibility index (Phi) is 4.64. The molecule has 0 saturated carbocycles. The second-order valence-corrected chi connectivity index (χ2v) is 6.34. The molecule has 0 atom stereocenters. The molecule has 1 aliphatic heterocycles. The number of hydrogen-bond donors (Lipinski definition) is 0. The SMILES string of the molecule is Cc1ccc(C(C)(C)N2CCOCC2=O)c(CN(C)C)n1. The highest BCUT2D eigenvalue weighted by Gasteiger charge is 2.36. The third kappa shape index (κ3) is 3.41. The van der Waals surface area contributed by atoms with Gasteiger partial charge in [-0.25, -0.2) is 0 Å². The summed E-state index contributed by atoms with van der Waals surface area (Å²) in [6, 6.07) is 4.12. The molecule has 1 aromatic rings. The van der Waals surface area contributed by atoms with Crippen molar-refractivity contribution in [2.24, 2.45) is 0 Å². The molecule has 1 aliphatic rings. The molecular formula is C16H25N3O2. The summed E-state index contributed by atoms with van der Waals surface area (Å²) >= 11 is 0. The van der Waals surface area contributed by atoms with Crippen LogP contribution in [0.25, 0.3) is 0 Å². The summed E-state index contributed by atoms with van der Waals surface area (Å²) in [5, 5.41) is 0. The summed E-state index contributed by atoms with van der Waals surface area (Å²) in [6.07, 6.45) is 0. The highest BCUT2D eigenvalue weighted by Crippen LogP contribution is 2.31. The molecule has 1 fully saturated rings. The van der Waals surface area contributed by atoms with Gasteiger partial charge >= 0.3 is 0 Å². The summed E-state index contributed by atoms with van der Waals surface area (Å²) < 4.78 is 5.24. The molecule has 5 heteroatoms. The molecular weight excluding hydrogens is 266 g/mol. The summed E-state index contributed by atoms with van der Waals surface area (Å²) in [5.74, 6) is 0.0441. The fraction of sp³-hybridized carbons (Fsp3) is 0.625. The number of pyridine rings is 1.